The summed E-state index contributed by atoms with van der Waals surface area (Å²) in [5, 5.41) is 2.69. The van der Waals surface area contributed by atoms with Gasteiger partial charge in [-0.15, -0.1) is 0 Å². The van der Waals surface area contributed by atoms with Gasteiger partial charge in [0.05, 0.1) is 25.4 Å². The Labute approximate surface area is 183 Å². The van der Waals surface area contributed by atoms with Crippen molar-refractivity contribution in [3.63, 3.8) is 0 Å². The third-order valence-electron chi connectivity index (χ3n) is 3.59. The number of carbonyl (C=O) groups is 2. The predicted octanol–water partition coefficient (Wildman–Crippen LogP) is 4.28. The summed E-state index contributed by atoms with van der Waals surface area (Å²) in [5.41, 5.74) is 0.846. The number of carbonyl (C=O) groups excluding carboxylic acids is 2. The minimum absolute atomic E-state index is 0.211. The van der Waals surface area contributed by atoms with Crippen LogP contribution in [0.15, 0.2) is 36.4 Å². The van der Waals surface area contributed by atoms with Gasteiger partial charge >= 0.3 is 5.97 Å². The minimum Gasteiger partial charge on any atom is -0.490 e. The third kappa shape index (κ3) is 6.81. The highest BCUT2D eigenvalue weighted by Gasteiger charge is 2.20. The molecule has 2 aromatic carbocycles. The smallest absolute Gasteiger partial charge is 0.338 e. The summed E-state index contributed by atoms with van der Waals surface area (Å²) in [7, 11) is 0. The van der Waals surface area contributed by atoms with Crippen LogP contribution in [0.5, 0.6) is 17.2 Å². The van der Waals surface area contributed by atoms with Gasteiger partial charge in [-0.3, -0.25) is 4.79 Å². The highest BCUT2D eigenvalue weighted by Crippen LogP contribution is 2.39. The maximum absolute atomic E-state index is 12.5. The second kappa shape index (κ2) is 11.5. The molecule has 0 aliphatic rings. The zero-order chi connectivity index (χ0) is 21.2. The first-order valence-corrected chi connectivity index (χ1v) is 10.3. The van der Waals surface area contributed by atoms with Crippen molar-refractivity contribution in [3.8, 4) is 17.2 Å². The molecule has 1 N–H and O–H groups in total. The molecule has 0 atom stereocenters. The van der Waals surface area contributed by atoms with Crippen LogP contribution in [-0.4, -0.2) is 38.3 Å². The molecule has 0 saturated carbocycles. The van der Waals surface area contributed by atoms with E-state index in [0.717, 1.165) is 3.57 Å². The number of benzene rings is 2. The fourth-order valence-electron chi connectivity index (χ4n) is 2.48. The van der Waals surface area contributed by atoms with E-state index in [-0.39, 0.29) is 5.56 Å². The van der Waals surface area contributed by atoms with E-state index in [1.165, 1.54) is 12.1 Å². The van der Waals surface area contributed by atoms with Crippen molar-refractivity contribution >= 4 is 40.2 Å². The van der Waals surface area contributed by atoms with Gasteiger partial charge in [-0.05, 0) is 73.7 Å². The van der Waals surface area contributed by atoms with Gasteiger partial charge in [-0.2, -0.15) is 0 Å². The number of esters is 1. The van der Waals surface area contributed by atoms with Gasteiger partial charge in [0.1, 0.15) is 0 Å². The molecule has 8 heteroatoms. The SMILES string of the molecule is CCOc1cc(C(=O)OCC(=O)Nc2cccc(I)c2)cc(OCC)c1OCC. The second-order valence-electron chi connectivity index (χ2n) is 5.74. The summed E-state index contributed by atoms with van der Waals surface area (Å²) >= 11 is 2.15. The molecular formula is C21H24INO6. The average Bonchev–Trinajstić information content (AvgIpc) is 2.68. The molecule has 0 aliphatic carbocycles. The van der Waals surface area contributed by atoms with Crippen LogP contribution in [0, 0.1) is 3.57 Å². The number of nitrogens with one attached hydrogen (secondary N) is 1. The van der Waals surface area contributed by atoms with Crippen molar-refractivity contribution in [2.24, 2.45) is 0 Å². The molecule has 1 amide bonds. The number of hydrogen-bond acceptors (Lipinski definition) is 6. The molecule has 0 spiro atoms. The van der Waals surface area contributed by atoms with Crippen LogP contribution in [0.25, 0.3) is 0 Å². The van der Waals surface area contributed by atoms with E-state index in [4.69, 9.17) is 18.9 Å². The molecule has 0 saturated heterocycles. The molecule has 0 aliphatic heterocycles. The van der Waals surface area contributed by atoms with E-state index in [1.807, 2.05) is 39.0 Å². The molecule has 156 valence electrons. The molecule has 0 radical (unpaired) electrons. The molecule has 0 aromatic heterocycles. The van der Waals surface area contributed by atoms with Gasteiger partial charge < -0.3 is 24.3 Å². The monoisotopic (exact) mass is 513 g/mol. The predicted molar refractivity (Wildman–Crippen MR) is 118 cm³/mol. The first-order valence-electron chi connectivity index (χ1n) is 9.27. The molecule has 0 fully saturated rings. The van der Waals surface area contributed by atoms with Crippen LogP contribution >= 0.6 is 22.6 Å². The van der Waals surface area contributed by atoms with E-state index in [1.54, 1.807) is 6.07 Å². The first-order chi connectivity index (χ1) is 14.0. The van der Waals surface area contributed by atoms with E-state index in [0.29, 0.717) is 42.8 Å². The zero-order valence-corrected chi connectivity index (χ0v) is 18.8. The van der Waals surface area contributed by atoms with Crippen LogP contribution in [0.2, 0.25) is 0 Å². The topological polar surface area (TPSA) is 83.1 Å². The van der Waals surface area contributed by atoms with Gasteiger partial charge in [0.25, 0.3) is 5.91 Å². The Morgan fingerprint density at radius 3 is 2.10 bits per heavy atom. The number of ether oxygens (including phenoxy) is 4. The minimum atomic E-state index is -0.659. The van der Waals surface area contributed by atoms with Gasteiger partial charge in [0.15, 0.2) is 18.1 Å². The van der Waals surface area contributed by atoms with Crippen molar-refractivity contribution in [1.82, 2.24) is 0 Å². The fraction of sp³-hybridized carbons (Fsp3) is 0.333. The maximum Gasteiger partial charge on any atom is 0.338 e. The lowest BCUT2D eigenvalue weighted by atomic mass is 10.2. The summed E-state index contributed by atoms with van der Waals surface area (Å²) in [6.07, 6.45) is 0. The molecular weight excluding hydrogens is 489 g/mol. The average molecular weight is 513 g/mol. The van der Waals surface area contributed by atoms with Crippen molar-refractivity contribution in [2.75, 3.05) is 31.7 Å². The Kier molecular flexibility index (Phi) is 9.04. The summed E-state index contributed by atoms with van der Waals surface area (Å²) in [6, 6.07) is 10.4. The van der Waals surface area contributed by atoms with Crippen molar-refractivity contribution in [2.45, 2.75) is 20.8 Å². The van der Waals surface area contributed by atoms with Crippen LogP contribution in [0.1, 0.15) is 31.1 Å². The van der Waals surface area contributed by atoms with Crippen LogP contribution in [0.3, 0.4) is 0 Å². The lowest BCUT2D eigenvalue weighted by Crippen LogP contribution is -2.21. The Morgan fingerprint density at radius 2 is 1.55 bits per heavy atom. The van der Waals surface area contributed by atoms with Crippen LogP contribution < -0.4 is 19.5 Å². The fourth-order valence-corrected chi connectivity index (χ4v) is 3.03. The van der Waals surface area contributed by atoms with E-state index >= 15 is 0 Å². The Balaban J connectivity index is 2.11. The first kappa shape index (κ1) is 22.8. The molecule has 29 heavy (non-hydrogen) atoms. The highest BCUT2D eigenvalue weighted by molar-refractivity contribution is 14.1. The van der Waals surface area contributed by atoms with E-state index in [2.05, 4.69) is 27.9 Å². The number of anilines is 1. The lowest BCUT2D eigenvalue weighted by Gasteiger charge is -2.16. The number of halogens is 1. The molecule has 0 bridgehead atoms. The van der Waals surface area contributed by atoms with Crippen LogP contribution in [-0.2, 0) is 9.53 Å². The van der Waals surface area contributed by atoms with Gasteiger partial charge in [0.2, 0.25) is 5.75 Å². The molecule has 2 rings (SSSR count). The number of hydrogen-bond donors (Lipinski definition) is 1. The third-order valence-corrected chi connectivity index (χ3v) is 4.26. The molecule has 7 nitrogen and oxygen atoms in total. The van der Waals surface area contributed by atoms with Crippen molar-refractivity contribution in [3.05, 3.63) is 45.5 Å². The molecule has 2 aromatic rings. The van der Waals surface area contributed by atoms with Crippen LogP contribution in [0.4, 0.5) is 5.69 Å². The Bertz CT molecular complexity index is 828. The van der Waals surface area contributed by atoms with E-state index in [9.17, 15) is 9.59 Å². The van der Waals surface area contributed by atoms with Crippen molar-refractivity contribution in [1.29, 1.82) is 0 Å². The van der Waals surface area contributed by atoms with E-state index < -0.39 is 18.5 Å². The van der Waals surface area contributed by atoms with Crippen molar-refractivity contribution < 1.29 is 28.5 Å². The lowest BCUT2D eigenvalue weighted by molar-refractivity contribution is -0.119. The quantitative estimate of drug-likeness (QED) is 0.377. The largest absolute Gasteiger partial charge is 0.490 e. The summed E-state index contributed by atoms with van der Waals surface area (Å²) in [5.74, 6) is 0.115. The summed E-state index contributed by atoms with van der Waals surface area (Å²) in [4.78, 5) is 24.6. The maximum atomic E-state index is 12.5. The summed E-state index contributed by atoms with van der Waals surface area (Å²) in [6.45, 7) is 6.30. The highest BCUT2D eigenvalue weighted by atomic mass is 127. The summed E-state index contributed by atoms with van der Waals surface area (Å²) < 4.78 is 22.9. The van der Waals surface area contributed by atoms with Gasteiger partial charge in [-0.1, -0.05) is 6.07 Å². The zero-order valence-electron chi connectivity index (χ0n) is 16.6. The standard InChI is InChI=1S/C21H24INO6/c1-4-26-17-10-14(11-18(27-5-2)20(17)28-6-3)21(25)29-13-19(24)23-16-9-7-8-15(22)12-16/h7-12H,4-6,13H2,1-3H3,(H,23,24). The number of rotatable bonds is 10. The normalized spacial score (nSPS) is 10.2. The Hall–Kier alpha value is -2.49. The Morgan fingerprint density at radius 1 is 0.931 bits per heavy atom. The van der Waals surface area contributed by atoms with Gasteiger partial charge in [-0.25, -0.2) is 4.79 Å². The molecule has 0 heterocycles. The number of amides is 1. The molecule has 0 unspecified atom stereocenters. The van der Waals surface area contributed by atoms with Gasteiger partial charge in [0, 0.05) is 9.26 Å². The second-order valence-corrected chi connectivity index (χ2v) is 6.98.